The zero-order chi connectivity index (χ0) is 15.2. The third-order valence-corrected chi connectivity index (χ3v) is 5.07. The van der Waals surface area contributed by atoms with Crippen molar-refractivity contribution in [2.24, 2.45) is 0 Å². The van der Waals surface area contributed by atoms with Crippen molar-refractivity contribution >= 4 is 23.1 Å². The highest BCUT2D eigenvalue weighted by Crippen LogP contribution is 2.35. The molecule has 1 saturated carbocycles. The van der Waals surface area contributed by atoms with Crippen molar-refractivity contribution in [2.45, 2.75) is 50.8 Å². The summed E-state index contributed by atoms with van der Waals surface area (Å²) in [5, 5.41) is 4.11. The van der Waals surface area contributed by atoms with Gasteiger partial charge in [0.05, 0.1) is 18.0 Å². The molecule has 1 aromatic carbocycles. The maximum absolute atomic E-state index is 13.8. The highest BCUT2D eigenvalue weighted by molar-refractivity contribution is 7.99. The summed E-state index contributed by atoms with van der Waals surface area (Å²) in [4.78, 5) is 0. The van der Waals surface area contributed by atoms with Gasteiger partial charge in [0.25, 0.3) is 0 Å². The molecule has 2 rings (SSSR count). The molecule has 1 aliphatic rings. The normalized spacial score (nSPS) is 21.5. The van der Waals surface area contributed by atoms with Crippen molar-refractivity contribution in [3.05, 3.63) is 17.9 Å². The number of ether oxygens (including phenoxy) is 1. The second-order valence-electron chi connectivity index (χ2n) is 5.39. The fourth-order valence-corrected chi connectivity index (χ4v) is 3.92. The monoisotopic (exact) mass is 312 g/mol. The van der Waals surface area contributed by atoms with Crippen molar-refractivity contribution in [2.75, 3.05) is 23.4 Å². The van der Waals surface area contributed by atoms with Gasteiger partial charge in [0.15, 0.2) is 11.6 Å². The molecule has 3 nitrogen and oxygen atoms in total. The number of thioether (sulfide) groups is 1. The molecule has 5 heteroatoms. The number of hydrogen-bond acceptors (Lipinski definition) is 4. The smallest absolute Gasteiger partial charge is 0.167 e. The average molecular weight is 312 g/mol. The minimum absolute atomic E-state index is 0.284. The van der Waals surface area contributed by atoms with E-state index >= 15 is 0 Å². The average Bonchev–Trinajstić information content (AvgIpc) is 2.88. The first kappa shape index (κ1) is 16.3. The number of benzene rings is 1. The Kier molecular flexibility index (Phi) is 6.03. The van der Waals surface area contributed by atoms with E-state index in [4.69, 9.17) is 10.5 Å². The van der Waals surface area contributed by atoms with Crippen molar-refractivity contribution in [1.29, 1.82) is 0 Å². The topological polar surface area (TPSA) is 47.3 Å². The van der Waals surface area contributed by atoms with Gasteiger partial charge in [-0.15, -0.1) is 0 Å². The predicted molar refractivity (Wildman–Crippen MR) is 89.8 cm³/mol. The summed E-state index contributed by atoms with van der Waals surface area (Å²) in [5.74, 6) is 1.01. The quantitative estimate of drug-likeness (QED) is 0.738. The van der Waals surface area contributed by atoms with Crippen molar-refractivity contribution in [3.8, 4) is 5.75 Å². The Hall–Kier alpha value is -1.10. The summed E-state index contributed by atoms with van der Waals surface area (Å²) in [5.41, 5.74) is 7.19. The molecular formula is C16H25FN2OS. The minimum atomic E-state index is -0.391. The van der Waals surface area contributed by atoms with Crippen LogP contribution in [0.15, 0.2) is 12.1 Å². The Morgan fingerprint density at radius 3 is 2.90 bits per heavy atom. The first-order valence-corrected chi connectivity index (χ1v) is 8.80. The SMILES string of the molecule is CCCOc1cc(NC2CCCC2SCC)c(N)cc1F. The molecule has 118 valence electrons. The first-order valence-electron chi connectivity index (χ1n) is 7.75. The van der Waals surface area contributed by atoms with Crippen LogP contribution in [-0.2, 0) is 0 Å². The van der Waals surface area contributed by atoms with E-state index in [9.17, 15) is 4.39 Å². The van der Waals surface area contributed by atoms with Crippen LogP contribution in [0.25, 0.3) is 0 Å². The van der Waals surface area contributed by atoms with Gasteiger partial charge < -0.3 is 15.8 Å². The highest BCUT2D eigenvalue weighted by Gasteiger charge is 2.27. The molecule has 0 saturated heterocycles. The summed E-state index contributed by atoms with van der Waals surface area (Å²) >= 11 is 1.98. The molecule has 21 heavy (non-hydrogen) atoms. The van der Waals surface area contributed by atoms with Gasteiger partial charge in [-0.05, 0) is 25.0 Å². The van der Waals surface area contributed by atoms with Crippen molar-refractivity contribution in [1.82, 2.24) is 0 Å². The fourth-order valence-electron chi connectivity index (χ4n) is 2.72. The van der Waals surface area contributed by atoms with Crippen LogP contribution in [0.2, 0.25) is 0 Å². The number of hydrogen-bond donors (Lipinski definition) is 2. The van der Waals surface area contributed by atoms with Crippen LogP contribution in [-0.4, -0.2) is 23.7 Å². The largest absolute Gasteiger partial charge is 0.490 e. The third kappa shape index (κ3) is 4.19. The second-order valence-corrected chi connectivity index (χ2v) is 6.91. The van der Waals surface area contributed by atoms with Gasteiger partial charge in [-0.25, -0.2) is 4.39 Å². The minimum Gasteiger partial charge on any atom is -0.490 e. The van der Waals surface area contributed by atoms with Crippen molar-refractivity contribution < 1.29 is 9.13 Å². The molecule has 0 radical (unpaired) electrons. The van der Waals surface area contributed by atoms with Gasteiger partial charge in [0.2, 0.25) is 0 Å². The molecule has 0 spiro atoms. The molecule has 0 amide bonds. The molecule has 1 aromatic rings. The zero-order valence-corrected chi connectivity index (χ0v) is 13.6. The molecule has 2 unspecified atom stereocenters. The number of nitrogen functional groups attached to an aromatic ring is 1. The molecule has 2 atom stereocenters. The highest BCUT2D eigenvalue weighted by atomic mass is 32.2. The van der Waals surface area contributed by atoms with E-state index in [1.807, 2.05) is 18.7 Å². The van der Waals surface area contributed by atoms with E-state index in [1.54, 1.807) is 6.07 Å². The number of rotatable bonds is 7. The number of halogens is 1. The Morgan fingerprint density at radius 2 is 2.19 bits per heavy atom. The van der Waals surface area contributed by atoms with Crippen LogP contribution in [0.3, 0.4) is 0 Å². The van der Waals surface area contributed by atoms with Gasteiger partial charge in [-0.3, -0.25) is 0 Å². The maximum atomic E-state index is 13.8. The number of anilines is 2. The zero-order valence-electron chi connectivity index (χ0n) is 12.8. The third-order valence-electron chi connectivity index (χ3n) is 3.74. The lowest BCUT2D eigenvalue weighted by Crippen LogP contribution is -2.26. The predicted octanol–water partition coefficient (Wildman–Crippen LogP) is 4.28. The maximum Gasteiger partial charge on any atom is 0.167 e. The summed E-state index contributed by atoms with van der Waals surface area (Å²) < 4.78 is 19.3. The molecule has 0 heterocycles. The standard InChI is InChI=1S/C16H25FN2OS/c1-3-8-20-15-10-14(12(18)9-11(15)17)19-13-6-5-7-16(13)21-4-2/h9-10,13,16,19H,3-8,18H2,1-2H3. The lowest BCUT2D eigenvalue weighted by atomic mass is 10.2. The summed E-state index contributed by atoms with van der Waals surface area (Å²) in [6.45, 7) is 4.69. The molecule has 0 bridgehead atoms. The van der Waals surface area contributed by atoms with Gasteiger partial charge in [0.1, 0.15) is 0 Å². The van der Waals surface area contributed by atoms with E-state index in [0.29, 0.717) is 23.6 Å². The summed E-state index contributed by atoms with van der Waals surface area (Å²) in [6, 6.07) is 3.46. The fraction of sp³-hybridized carbons (Fsp3) is 0.625. The van der Waals surface area contributed by atoms with Gasteiger partial charge in [-0.2, -0.15) is 11.8 Å². The molecule has 3 N–H and O–H groups in total. The van der Waals surface area contributed by atoms with E-state index < -0.39 is 5.82 Å². The van der Waals surface area contributed by atoms with Crippen LogP contribution in [0, 0.1) is 5.82 Å². The van der Waals surface area contributed by atoms with E-state index in [1.165, 1.54) is 18.9 Å². The summed E-state index contributed by atoms with van der Waals surface area (Å²) in [7, 11) is 0. The van der Waals surface area contributed by atoms with E-state index in [-0.39, 0.29) is 5.75 Å². The Bertz CT molecular complexity index is 470. The van der Waals surface area contributed by atoms with E-state index in [0.717, 1.165) is 24.3 Å². The Morgan fingerprint density at radius 1 is 1.38 bits per heavy atom. The van der Waals surface area contributed by atoms with Gasteiger partial charge in [0, 0.05) is 23.4 Å². The lowest BCUT2D eigenvalue weighted by Gasteiger charge is -2.23. The van der Waals surface area contributed by atoms with Crippen LogP contribution >= 0.6 is 11.8 Å². The first-order chi connectivity index (χ1) is 10.2. The molecule has 0 aromatic heterocycles. The number of nitrogens with one attached hydrogen (secondary N) is 1. The summed E-state index contributed by atoms with van der Waals surface area (Å²) in [6.07, 6.45) is 4.45. The van der Waals surface area contributed by atoms with Crippen molar-refractivity contribution in [3.63, 3.8) is 0 Å². The Balaban J connectivity index is 2.11. The second kappa shape index (κ2) is 7.78. The number of nitrogens with two attached hydrogens (primary N) is 1. The van der Waals surface area contributed by atoms with Crippen LogP contribution in [0.4, 0.5) is 15.8 Å². The molecule has 0 aliphatic heterocycles. The van der Waals surface area contributed by atoms with Gasteiger partial charge in [-0.1, -0.05) is 20.3 Å². The van der Waals surface area contributed by atoms with Crippen LogP contribution in [0.1, 0.15) is 39.5 Å². The van der Waals surface area contributed by atoms with E-state index in [2.05, 4.69) is 12.2 Å². The van der Waals surface area contributed by atoms with Crippen LogP contribution < -0.4 is 15.8 Å². The lowest BCUT2D eigenvalue weighted by molar-refractivity contribution is 0.301. The van der Waals surface area contributed by atoms with Crippen LogP contribution in [0.5, 0.6) is 5.75 Å². The molecular weight excluding hydrogens is 287 g/mol. The van der Waals surface area contributed by atoms with Gasteiger partial charge >= 0.3 is 0 Å². The Labute approximate surface area is 130 Å². The molecule has 1 aliphatic carbocycles. The molecule has 1 fully saturated rings.